The Morgan fingerprint density at radius 2 is 1.95 bits per heavy atom. The number of allylic oxidation sites excluding steroid dienone is 3. The van der Waals surface area contributed by atoms with Crippen LogP contribution in [0.15, 0.2) is 66.5 Å². The van der Waals surface area contributed by atoms with E-state index in [-0.39, 0.29) is 24.9 Å². The number of carbonyl (C=O) groups excluding carboxylic acids is 2. The summed E-state index contributed by atoms with van der Waals surface area (Å²) in [6.07, 6.45) is 8.25. The SMILES string of the molecule is C/C=C\C(=C/CC)N(C)C(=O)CNCC(=O)Nc1cc(-c2ccnc(NC)n2)cc2ccc(OC)cc12. The van der Waals surface area contributed by atoms with Crippen LogP contribution in [-0.2, 0) is 9.59 Å². The summed E-state index contributed by atoms with van der Waals surface area (Å²) in [4.78, 5) is 35.7. The van der Waals surface area contributed by atoms with Crippen molar-refractivity contribution >= 4 is 34.2 Å². The van der Waals surface area contributed by atoms with Crippen LogP contribution in [0.4, 0.5) is 11.6 Å². The number of nitrogens with one attached hydrogen (secondary N) is 3. The Labute approximate surface area is 217 Å². The number of likely N-dealkylation sites (N-methyl/N-ethyl adjacent to an activating group) is 1. The van der Waals surface area contributed by atoms with Crippen molar-refractivity contribution in [3.63, 3.8) is 0 Å². The highest BCUT2D eigenvalue weighted by molar-refractivity contribution is 6.05. The third kappa shape index (κ3) is 7.14. The molecule has 0 spiro atoms. The second-order valence-electron chi connectivity index (χ2n) is 8.27. The molecule has 0 saturated carbocycles. The smallest absolute Gasteiger partial charge is 0.240 e. The van der Waals surface area contributed by atoms with Crippen LogP contribution in [0.2, 0.25) is 0 Å². The molecule has 1 heterocycles. The number of amides is 2. The van der Waals surface area contributed by atoms with E-state index in [2.05, 4.69) is 25.9 Å². The molecule has 3 N–H and O–H groups in total. The number of benzene rings is 2. The Kier molecular flexibility index (Phi) is 9.74. The van der Waals surface area contributed by atoms with Gasteiger partial charge in [0.25, 0.3) is 0 Å². The van der Waals surface area contributed by atoms with E-state index >= 15 is 0 Å². The van der Waals surface area contributed by atoms with Gasteiger partial charge in [0, 0.05) is 42.6 Å². The van der Waals surface area contributed by atoms with Gasteiger partial charge in [-0.3, -0.25) is 14.9 Å². The van der Waals surface area contributed by atoms with E-state index in [0.29, 0.717) is 17.4 Å². The lowest BCUT2D eigenvalue weighted by molar-refractivity contribution is -0.127. The number of ether oxygens (including phenoxy) is 1. The van der Waals surface area contributed by atoms with Gasteiger partial charge in [0.15, 0.2) is 0 Å². The minimum Gasteiger partial charge on any atom is -0.497 e. The maximum atomic E-state index is 12.9. The summed E-state index contributed by atoms with van der Waals surface area (Å²) in [5, 5.41) is 10.6. The van der Waals surface area contributed by atoms with Gasteiger partial charge < -0.3 is 20.3 Å². The number of hydrogen-bond donors (Lipinski definition) is 3. The maximum absolute atomic E-state index is 12.9. The predicted molar refractivity (Wildman–Crippen MR) is 149 cm³/mol. The number of anilines is 2. The summed E-state index contributed by atoms with van der Waals surface area (Å²) in [5.74, 6) is 0.780. The topological polar surface area (TPSA) is 108 Å². The number of rotatable bonds is 11. The Morgan fingerprint density at radius 3 is 2.65 bits per heavy atom. The van der Waals surface area contributed by atoms with E-state index in [4.69, 9.17) is 4.74 Å². The van der Waals surface area contributed by atoms with Crippen molar-refractivity contribution in [2.45, 2.75) is 20.3 Å². The van der Waals surface area contributed by atoms with Crippen LogP contribution in [0.1, 0.15) is 20.3 Å². The van der Waals surface area contributed by atoms with Gasteiger partial charge in [0.05, 0.1) is 25.9 Å². The molecule has 0 unspecified atom stereocenters. The molecule has 0 aliphatic rings. The van der Waals surface area contributed by atoms with Gasteiger partial charge in [-0.25, -0.2) is 9.97 Å². The van der Waals surface area contributed by atoms with Crippen LogP contribution in [0.3, 0.4) is 0 Å². The van der Waals surface area contributed by atoms with Crippen molar-refractivity contribution in [3.05, 3.63) is 66.5 Å². The Hall–Kier alpha value is -4.24. The molecule has 0 fully saturated rings. The second-order valence-corrected chi connectivity index (χ2v) is 8.27. The normalized spacial score (nSPS) is 11.5. The van der Waals surface area contributed by atoms with Crippen LogP contribution in [0.25, 0.3) is 22.0 Å². The van der Waals surface area contributed by atoms with E-state index < -0.39 is 0 Å². The van der Waals surface area contributed by atoms with Crippen molar-refractivity contribution in [2.75, 3.05) is 44.9 Å². The molecular weight excluding hydrogens is 468 g/mol. The molecule has 2 amide bonds. The monoisotopic (exact) mass is 502 g/mol. The predicted octanol–water partition coefficient (Wildman–Crippen LogP) is 4.20. The molecule has 3 rings (SSSR count). The molecule has 37 heavy (non-hydrogen) atoms. The van der Waals surface area contributed by atoms with E-state index in [1.807, 2.05) is 68.5 Å². The standard InChI is InChI=1S/C28H34N6O3/c1-6-8-21(9-7-2)34(4)27(36)18-30-17-26(35)32-25-15-20(24-12-13-31-28(29-3)33-24)14-19-10-11-22(37-5)16-23(19)25/h6,8-16,30H,7,17-18H2,1-5H3,(H,32,35)(H,29,31,33)/b8-6-,21-9+. The van der Waals surface area contributed by atoms with Crippen molar-refractivity contribution in [1.82, 2.24) is 20.2 Å². The molecule has 0 radical (unpaired) electrons. The molecule has 0 bridgehead atoms. The zero-order valence-corrected chi connectivity index (χ0v) is 22.0. The fraction of sp³-hybridized carbons (Fsp3) is 0.286. The number of aromatic nitrogens is 2. The Morgan fingerprint density at radius 1 is 1.14 bits per heavy atom. The summed E-state index contributed by atoms with van der Waals surface area (Å²) in [5.41, 5.74) is 2.99. The third-order valence-electron chi connectivity index (χ3n) is 5.68. The van der Waals surface area contributed by atoms with Gasteiger partial charge >= 0.3 is 0 Å². The summed E-state index contributed by atoms with van der Waals surface area (Å²) in [7, 11) is 5.08. The molecule has 9 heteroatoms. The van der Waals surface area contributed by atoms with Crippen LogP contribution in [0, 0.1) is 0 Å². The first-order chi connectivity index (χ1) is 17.9. The average Bonchev–Trinajstić information content (AvgIpc) is 2.92. The molecule has 194 valence electrons. The lowest BCUT2D eigenvalue weighted by Crippen LogP contribution is -2.38. The molecule has 0 atom stereocenters. The van der Waals surface area contributed by atoms with Crippen molar-refractivity contribution in [1.29, 1.82) is 0 Å². The Bertz CT molecular complexity index is 1320. The summed E-state index contributed by atoms with van der Waals surface area (Å²) in [6, 6.07) is 11.4. The average molecular weight is 503 g/mol. The highest BCUT2D eigenvalue weighted by atomic mass is 16.5. The van der Waals surface area contributed by atoms with Gasteiger partial charge in [0.2, 0.25) is 17.8 Å². The summed E-state index contributed by atoms with van der Waals surface area (Å²) in [6.45, 7) is 3.93. The number of hydrogen-bond acceptors (Lipinski definition) is 7. The fourth-order valence-electron chi connectivity index (χ4n) is 3.79. The fourth-order valence-corrected chi connectivity index (χ4v) is 3.79. The largest absolute Gasteiger partial charge is 0.497 e. The zero-order chi connectivity index (χ0) is 26.8. The van der Waals surface area contributed by atoms with E-state index in [1.54, 1.807) is 32.3 Å². The first-order valence-electron chi connectivity index (χ1n) is 12.1. The van der Waals surface area contributed by atoms with E-state index in [1.165, 1.54) is 0 Å². The molecule has 3 aromatic rings. The van der Waals surface area contributed by atoms with Crippen molar-refractivity contribution in [2.24, 2.45) is 0 Å². The first-order valence-corrected chi connectivity index (χ1v) is 12.1. The van der Waals surface area contributed by atoms with Crippen LogP contribution >= 0.6 is 0 Å². The lowest BCUT2D eigenvalue weighted by atomic mass is 10.0. The van der Waals surface area contributed by atoms with Gasteiger partial charge in [-0.2, -0.15) is 0 Å². The van der Waals surface area contributed by atoms with E-state index in [9.17, 15) is 9.59 Å². The zero-order valence-electron chi connectivity index (χ0n) is 22.0. The molecule has 9 nitrogen and oxygen atoms in total. The number of nitrogens with zero attached hydrogens (tertiary/aromatic N) is 3. The van der Waals surface area contributed by atoms with Gasteiger partial charge in [-0.15, -0.1) is 0 Å². The number of carbonyl (C=O) groups is 2. The molecule has 0 saturated heterocycles. The lowest BCUT2D eigenvalue weighted by Gasteiger charge is -2.19. The van der Waals surface area contributed by atoms with Crippen LogP contribution in [0.5, 0.6) is 5.75 Å². The number of methoxy groups -OCH3 is 1. The molecule has 0 aliphatic heterocycles. The van der Waals surface area contributed by atoms with E-state index in [0.717, 1.165) is 34.1 Å². The minimum atomic E-state index is -0.270. The highest BCUT2D eigenvalue weighted by Gasteiger charge is 2.14. The maximum Gasteiger partial charge on any atom is 0.240 e. The van der Waals surface area contributed by atoms with Gasteiger partial charge in [-0.05, 0) is 55.1 Å². The number of fused-ring (bicyclic) bond motifs is 1. The van der Waals surface area contributed by atoms with Crippen LogP contribution in [-0.4, -0.2) is 61.0 Å². The molecule has 2 aromatic carbocycles. The summed E-state index contributed by atoms with van der Waals surface area (Å²) < 4.78 is 5.39. The summed E-state index contributed by atoms with van der Waals surface area (Å²) >= 11 is 0. The molecule has 1 aromatic heterocycles. The highest BCUT2D eigenvalue weighted by Crippen LogP contribution is 2.33. The first kappa shape index (κ1) is 27.3. The van der Waals surface area contributed by atoms with Crippen molar-refractivity contribution in [3.8, 4) is 17.0 Å². The van der Waals surface area contributed by atoms with Crippen LogP contribution < -0.4 is 20.7 Å². The molecule has 0 aliphatic carbocycles. The van der Waals surface area contributed by atoms with Crippen molar-refractivity contribution < 1.29 is 14.3 Å². The van der Waals surface area contributed by atoms with Gasteiger partial charge in [-0.1, -0.05) is 25.1 Å². The molecular formula is C28H34N6O3. The second kappa shape index (κ2) is 13.2. The third-order valence-corrected chi connectivity index (χ3v) is 5.68. The Balaban J connectivity index is 1.78. The quantitative estimate of drug-likeness (QED) is 0.337. The minimum absolute atomic E-state index is 0.0247. The van der Waals surface area contributed by atoms with Gasteiger partial charge in [0.1, 0.15) is 5.75 Å².